The van der Waals surface area contributed by atoms with E-state index in [4.69, 9.17) is 0 Å². The minimum Gasteiger partial charge on any atom is -0.207 e. The second kappa shape index (κ2) is 8.53. The van der Waals surface area contributed by atoms with Crippen LogP contribution in [-0.4, -0.2) is 5.92 Å². The average Bonchev–Trinajstić information content (AvgIpc) is 2.65. The van der Waals surface area contributed by atoms with Crippen LogP contribution >= 0.6 is 0 Å². The van der Waals surface area contributed by atoms with Gasteiger partial charge in [0, 0.05) is 6.42 Å². The first-order chi connectivity index (χ1) is 12.7. The van der Waals surface area contributed by atoms with E-state index < -0.39 is 17.6 Å². The summed E-state index contributed by atoms with van der Waals surface area (Å²) in [4.78, 5) is 0. The topological polar surface area (TPSA) is 0 Å². The lowest BCUT2D eigenvalue weighted by atomic mass is 9.68. The van der Waals surface area contributed by atoms with Gasteiger partial charge in [0.05, 0.1) is 0 Å². The third-order valence-electron chi connectivity index (χ3n) is 7.07. The summed E-state index contributed by atoms with van der Waals surface area (Å²) in [6.07, 6.45) is 9.05. The molecule has 0 heterocycles. The maximum Gasteiger partial charge on any atom is 0.245 e. The van der Waals surface area contributed by atoms with Crippen molar-refractivity contribution in [3.8, 4) is 0 Å². The molecule has 0 spiro atoms. The van der Waals surface area contributed by atoms with Crippen LogP contribution < -0.4 is 0 Å². The zero-order chi connectivity index (χ0) is 19.6. The van der Waals surface area contributed by atoms with Gasteiger partial charge >= 0.3 is 0 Å². The van der Waals surface area contributed by atoms with Crippen molar-refractivity contribution in [1.29, 1.82) is 0 Å². The second-order valence-electron chi connectivity index (χ2n) is 9.10. The maximum atomic E-state index is 14.3. The van der Waals surface area contributed by atoms with Gasteiger partial charge in [-0.3, -0.25) is 0 Å². The van der Waals surface area contributed by atoms with Gasteiger partial charge in [-0.05, 0) is 93.6 Å². The van der Waals surface area contributed by atoms with Gasteiger partial charge in [0.15, 0.2) is 11.6 Å². The molecule has 2 aliphatic carbocycles. The van der Waals surface area contributed by atoms with Crippen molar-refractivity contribution in [2.75, 3.05) is 0 Å². The second-order valence-corrected chi connectivity index (χ2v) is 9.10. The molecule has 0 unspecified atom stereocenters. The van der Waals surface area contributed by atoms with Crippen molar-refractivity contribution in [1.82, 2.24) is 0 Å². The summed E-state index contributed by atoms with van der Waals surface area (Å²) < 4.78 is 54.2. The molecule has 0 aliphatic heterocycles. The minimum absolute atomic E-state index is 0.00607. The highest BCUT2D eigenvalue weighted by Crippen LogP contribution is 2.45. The minimum atomic E-state index is -2.54. The fourth-order valence-corrected chi connectivity index (χ4v) is 5.28. The quantitative estimate of drug-likeness (QED) is 0.455. The normalized spacial score (nSPS) is 29.7. The highest BCUT2D eigenvalue weighted by atomic mass is 19.3. The fraction of sp³-hybridized carbons (Fsp3) is 0.739. The molecule has 0 saturated heterocycles. The Labute approximate surface area is 160 Å². The molecular weight excluding hydrogens is 352 g/mol. The Hall–Kier alpha value is -1.06. The van der Waals surface area contributed by atoms with E-state index in [0.717, 1.165) is 58.3 Å². The molecule has 0 atom stereocenters. The van der Waals surface area contributed by atoms with Gasteiger partial charge in [-0.2, -0.15) is 0 Å². The Morgan fingerprint density at radius 3 is 1.96 bits per heavy atom. The summed E-state index contributed by atoms with van der Waals surface area (Å²) in [5, 5.41) is 0. The van der Waals surface area contributed by atoms with E-state index in [2.05, 4.69) is 0 Å². The summed E-state index contributed by atoms with van der Waals surface area (Å²) in [6, 6.07) is 3.44. The van der Waals surface area contributed by atoms with Crippen molar-refractivity contribution >= 4 is 0 Å². The van der Waals surface area contributed by atoms with Crippen molar-refractivity contribution in [2.24, 2.45) is 17.8 Å². The molecule has 0 N–H and O–H groups in total. The van der Waals surface area contributed by atoms with Crippen LogP contribution in [0.2, 0.25) is 0 Å². The number of aryl methyl sites for hydroxylation is 1. The lowest BCUT2D eigenvalue weighted by Crippen LogP contribution is -2.26. The first-order valence-electron chi connectivity index (χ1n) is 10.6. The summed E-state index contributed by atoms with van der Waals surface area (Å²) in [7, 11) is 0. The number of benzene rings is 1. The third kappa shape index (κ3) is 5.26. The molecule has 0 nitrogen and oxygen atoms in total. The predicted octanol–water partition coefficient (Wildman–Crippen LogP) is 7.79. The lowest BCUT2D eigenvalue weighted by molar-refractivity contribution is 0.00362. The highest BCUT2D eigenvalue weighted by molar-refractivity contribution is 5.28. The van der Waals surface area contributed by atoms with Gasteiger partial charge in [-0.1, -0.05) is 25.0 Å². The van der Waals surface area contributed by atoms with Gasteiger partial charge in [0.25, 0.3) is 0 Å². The van der Waals surface area contributed by atoms with E-state index in [0.29, 0.717) is 35.3 Å². The molecule has 2 saturated carbocycles. The molecule has 0 amide bonds. The molecule has 3 rings (SSSR count). The van der Waals surface area contributed by atoms with Gasteiger partial charge in [0.2, 0.25) is 5.92 Å². The molecule has 1 aromatic rings. The number of alkyl halides is 2. The Morgan fingerprint density at radius 1 is 0.852 bits per heavy atom. The van der Waals surface area contributed by atoms with Crippen molar-refractivity contribution in [3.63, 3.8) is 0 Å². The maximum absolute atomic E-state index is 14.3. The molecule has 27 heavy (non-hydrogen) atoms. The van der Waals surface area contributed by atoms with E-state index in [1.165, 1.54) is 0 Å². The smallest absolute Gasteiger partial charge is 0.207 e. The van der Waals surface area contributed by atoms with Crippen LogP contribution in [0.5, 0.6) is 0 Å². The van der Waals surface area contributed by atoms with Crippen LogP contribution in [0, 0.1) is 36.3 Å². The first-order valence-corrected chi connectivity index (χ1v) is 10.6. The zero-order valence-electron chi connectivity index (χ0n) is 16.5. The number of rotatable bonds is 5. The molecule has 2 aliphatic rings. The Kier molecular flexibility index (Phi) is 6.53. The van der Waals surface area contributed by atoms with E-state index in [9.17, 15) is 17.6 Å². The van der Waals surface area contributed by atoms with Crippen molar-refractivity contribution < 1.29 is 17.6 Å². The molecule has 0 bridgehead atoms. The zero-order valence-corrected chi connectivity index (χ0v) is 16.5. The fourth-order valence-electron chi connectivity index (χ4n) is 5.28. The highest BCUT2D eigenvalue weighted by Gasteiger charge is 2.33. The summed E-state index contributed by atoms with van der Waals surface area (Å²) in [6.45, 7) is 2.61. The molecule has 2 fully saturated rings. The van der Waals surface area contributed by atoms with Crippen LogP contribution in [0.15, 0.2) is 12.1 Å². The Bertz CT molecular complexity index is 618. The van der Waals surface area contributed by atoms with Crippen LogP contribution in [0.25, 0.3) is 0 Å². The number of halogens is 4. The molecular formula is C23H32F4. The molecule has 0 aromatic heterocycles. The monoisotopic (exact) mass is 384 g/mol. The Balaban J connectivity index is 1.47. The van der Waals surface area contributed by atoms with Crippen molar-refractivity contribution in [3.05, 3.63) is 34.9 Å². The van der Waals surface area contributed by atoms with E-state index in [-0.39, 0.29) is 12.3 Å². The molecule has 4 heteroatoms. The molecule has 152 valence electrons. The largest absolute Gasteiger partial charge is 0.245 e. The van der Waals surface area contributed by atoms with Gasteiger partial charge in [-0.15, -0.1) is 0 Å². The van der Waals surface area contributed by atoms with Gasteiger partial charge in [0.1, 0.15) is 0 Å². The first kappa shape index (κ1) is 20.7. The average molecular weight is 385 g/mol. The predicted molar refractivity (Wildman–Crippen MR) is 101 cm³/mol. The molecule has 0 radical (unpaired) electrons. The SMILES string of the molecule is Cc1ccc(C2CCC(C3CCC(CCC(C)(F)F)CC3)CC2)c(F)c1F. The van der Waals surface area contributed by atoms with Crippen molar-refractivity contribution in [2.45, 2.75) is 89.9 Å². The van der Waals surface area contributed by atoms with E-state index in [1.807, 2.05) is 0 Å². The van der Waals surface area contributed by atoms with Crippen LogP contribution in [0.1, 0.15) is 88.2 Å². The third-order valence-corrected chi connectivity index (χ3v) is 7.07. The van der Waals surface area contributed by atoms with Crippen LogP contribution in [0.4, 0.5) is 17.6 Å². The van der Waals surface area contributed by atoms with E-state index in [1.54, 1.807) is 19.1 Å². The lowest BCUT2D eigenvalue weighted by Gasteiger charge is -2.38. The summed E-state index contributed by atoms with van der Waals surface area (Å²) in [5.41, 5.74) is 0.906. The number of hydrogen-bond donors (Lipinski definition) is 0. The van der Waals surface area contributed by atoms with Crippen LogP contribution in [-0.2, 0) is 0 Å². The molecule has 1 aromatic carbocycles. The summed E-state index contributed by atoms with van der Waals surface area (Å²) >= 11 is 0. The van der Waals surface area contributed by atoms with Gasteiger partial charge < -0.3 is 0 Å². The van der Waals surface area contributed by atoms with E-state index >= 15 is 0 Å². The standard InChI is InChI=1S/C23H32F4/c1-15-3-12-20(22(25)21(15)24)19-10-8-18(9-11-19)17-6-4-16(5-7-17)13-14-23(2,26)27/h3,12,16-19H,4-11,13-14H2,1-2H3. The van der Waals surface area contributed by atoms with Gasteiger partial charge in [-0.25, -0.2) is 17.6 Å². The summed E-state index contributed by atoms with van der Waals surface area (Å²) in [5.74, 6) is -1.98. The Morgan fingerprint density at radius 2 is 1.41 bits per heavy atom. The van der Waals surface area contributed by atoms with Crippen LogP contribution in [0.3, 0.4) is 0 Å². The number of hydrogen-bond acceptors (Lipinski definition) is 0.